The second-order valence-electron chi connectivity index (χ2n) is 4.03. The Morgan fingerprint density at radius 3 is 2.94 bits per heavy atom. The summed E-state index contributed by atoms with van der Waals surface area (Å²) in [7, 11) is 0. The Morgan fingerprint density at radius 2 is 2.28 bits per heavy atom. The van der Waals surface area contributed by atoms with Gasteiger partial charge < -0.3 is 14.7 Å². The van der Waals surface area contributed by atoms with E-state index in [1.165, 1.54) is 4.90 Å². The predicted molar refractivity (Wildman–Crippen MR) is 59.1 cm³/mol. The number of hydrogen-bond donors (Lipinski definition) is 1. The fraction of sp³-hybridized carbons (Fsp3) is 0.417. The summed E-state index contributed by atoms with van der Waals surface area (Å²) in [5.74, 6) is -2.19. The highest BCUT2D eigenvalue weighted by molar-refractivity contribution is 5.94. The number of hydrogen-bond acceptors (Lipinski definition) is 3. The van der Waals surface area contributed by atoms with Crippen LogP contribution in [0.2, 0.25) is 0 Å². The highest BCUT2D eigenvalue weighted by Gasteiger charge is 2.29. The number of benzene rings is 1. The number of ether oxygens (including phenoxy) is 1. The van der Waals surface area contributed by atoms with Crippen molar-refractivity contribution in [2.75, 3.05) is 26.4 Å². The molecule has 2 rings (SSSR count). The van der Waals surface area contributed by atoms with Crippen LogP contribution in [0, 0.1) is 11.6 Å². The number of carbonyl (C=O) groups is 1. The quantitative estimate of drug-likeness (QED) is 0.852. The number of aliphatic hydroxyl groups excluding tert-OH is 1. The van der Waals surface area contributed by atoms with Gasteiger partial charge in [0.2, 0.25) is 0 Å². The van der Waals surface area contributed by atoms with Gasteiger partial charge in [-0.05, 0) is 12.1 Å². The van der Waals surface area contributed by atoms with Gasteiger partial charge in [0.25, 0.3) is 5.91 Å². The van der Waals surface area contributed by atoms with E-state index < -0.39 is 23.6 Å². The third-order valence-electron chi connectivity index (χ3n) is 2.86. The number of nitrogens with zero attached hydrogens (tertiary/aromatic N) is 1. The third-order valence-corrected chi connectivity index (χ3v) is 2.86. The lowest BCUT2D eigenvalue weighted by Crippen LogP contribution is -2.50. The third kappa shape index (κ3) is 2.49. The molecule has 1 unspecified atom stereocenters. The summed E-state index contributed by atoms with van der Waals surface area (Å²) in [4.78, 5) is 13.4. The van der Waals surface area contributed by atoms with E-state index in [9.17, 15) is 13.6 Å². The molecule has 1 aliphatic heterocycles. The van der Waals surface area contributed by atoms with E-state index in [1.807, 2.05) is 0 Å². The molecule has 0 aromatic heterocycles. The molecule has 1 fully saturated rings. The normalized spacial score (nSPS) is 19.9. The summed E-state index contributed by atoms with van der Waals surface area (Å²) in [5.41, 5.74) is -0.197. The molecule has 1 aromatic carbocycles. The van der Waals surface area contributed by atoms with Crippen molar-refractivity contribution in [2.24, 2.45) is 0 Å². The molecule has 0 aliphatic carbocycles. The molecule has 1 N–H and O–H groups in total. The van der Waals surface area contributed by atoms with Crippen molar-refractivity contribution in [1.82, 2.24) is 4.90 Å². The molecule has 0 saturated carbocycles. The van der Waals surface area contributed by atoms with Gasteiger partial charge in [-0.1, -0.05) is 0 Å². The van der Waals surface area contributed by atoms with Gasteiger partial charge in [-0.2, -0.15) is 0 Å². The maximum atomic E-state index is 13.5. The summed E-state index contributed by atoms with van der Waals surface area (Å²) in [5, 5.41) is 9.14. The number of morpholine rings is 1. The Morgan fingerprint density at radius 1 is 1.50 bits per heavy atom. The molecule has 1 aliphatic rings. The highest BCUT2D eigenvalue weighted by Crippen LogP contribution is 2.16. The first-order chi connectivity index (χ1) is 8.63. The van der Waals surface area contributed by atoms with Gasteiger partial charge in [0.05, 0.1) is 31.4 Å². The molecule has 6 heteroatoms. The van der Waals surface area contributed by atoms with E-state index in [2.05, 4.69) is 0 Å². The van der Waals surface area contributed by atoms with Crippen LogP contribution >= 0.6 is 0 Å². The molecule has 98 valence electrons. The van der Waals surface area contributed by atoms with Crippen LogP contribution in [0.1, 0.15) is 10.4 Å². The Kier molecular flexibility index (Phi) is 3.88. The molecule has 4 nitrogen and oxygen atoms in total. The zero-order valence-electron chi connectivity index (χ0n) is 9.60. The van der Waals surface area contributed by atoms with E-state index in [1.54, 1.807) is 0 Å². The number of rotatable bonds is 2. The Hall–Kier alpha value is -1.53. The van der Waals surface area contributed by atoms with Crippen molar-refractivity contribution in [2.45, 2.75) is 6.04 Å². The Balaban J connectivity index is 2.24. The summed E-state index contributed by atoms with van der Waals surface area (Å²) in [6, 6.07) is 2.32. The van der Waals surface area contributed by atoms with E-state index in [0.29, 0.717) is 12.7 Å². The van der Waals surface area contributed by atoms with E-state index in [0.717, 1.165) is 12.1 Å². The van der Waals surface area contributed by atoms with Gasteiger partial charge in [-0.25, -0.2) is 8.78 Å². The number of carbonyl (C=O) groups excluding carboxylic acids is 1. The fourth-order valence-corrected chi connectivity index (χ4v) is 1.89. The second kappa shape index (κ2) is 5.41. The second-order valence-corrected chi connectivity index (χ2v) is 4.03. The molecule has 0 radical (unpaired) electrons. The molecular weight excluding hydrogens is 244 g/mol. The molecule has 1 amide bonds. The van der Waals surface area contributed by atoms with Gasteiger partial charge in [-0.15, -0.1) is 0 Å². The van der Waals surface area contributed by atoms with Crippen LogP contribution in [-0.4, -0.2) is 48.3 Å². The average molecular weight is 257 g/mol. The Bertz CT molecular complexity index is 453. The minimum Gasteiger partial charge on any atom is -0.394 e. The molecule has 1 saturated heterocycles. The van der Waals surface area contributed by atoms with Crippen molar-refractivity contribution in [3.8, 4) is 0 Å². The topological polar surface area (TPSA) is 49.8 Å². The first kappa shape index (κ1) is 12.9. The molecular formula is C12H13F2NO3. The predicted octanol–water partition coefficient (Wildman–Crippen LogP) is 0.798. The number of aliphatic hydroxyl groups is 1. The van der Waals surface area contributed by atoms with Crippen molar-refractivity contribution < 1.29 is 23.4 Å². The van der Waals surface area contributed by atoms with Crippen LogP contribution < -0.4 is 0 Å². The molecule has 0 spiro atoms. The van der Waals surface area contributed by atoms with Gasteiger partial charge in [0.15, 0.2) is 0 Å². The maximum absolute atomic E-state index is 13.5. The fourth-order valence-electron chi connectivity index (χ4n) is 1.89. The number of amides is 1. The molecule has 1 aromatic rings. The highest BCUT2D eigenvalue weighted by atomic mass is 19.1. The van der Waals surface area contributed by atoms with Crippen molar-refractivity contribution >= 4 is 5.91 Å². The van der Waals surface area contributed by atoms with Gasteiger partial charge in [0, 0.05) is 12.6 Å². The standard InChI is InChI=1S/C12H13F2NO3/c13-8-1-2-10(11(14)5-8)12(17)15-3-4-18-7-9(15)6-16/h1-2,5,9,16H,3-4,6-7H2. The monoisotopic (exact) mass is 257 g/mol. The zero-order valence-corrected chi connectivity index (χ0v) is 9.60. The zero-order chi connectivity index (χ0) is 13.1. The Labute approximate surface area is 103 Å². The number of halogens is 2. The SMILES string of the molecule is O=C(c1ccc(F)cc1F)N1CCOCC1CO. The average Bonchev–Trinajstić information content (AvgIpc) is 2.38. The summed E-state index contributed by atoms with van der Waals surface area (Å²) >= 11 is 0. The van der Waals surface area contributed by atoms with E-state index in [-0.39, 0.29) is 25.3 Å². The smallest absolute Gasteiger partial charge is 0.257 e. The van der Waals surface area contributed by atoms with Gasteiger partial charge in [0.1, 0.15) is 11.6 Å². The first-order valence-electron chi connectivity index (χ1n) is 5.58. The lowest BCUT2D eigenvalue weighted by molar-refractivity contribution is -0.0185. The van der Waals surface area contributed by atoms with Gasteiger partial charge in [-0.3, -0.25) is 4.79 Å². The maximum Gasteiger partial charge on any atom is 0.257 e. The van der Waals surface area contributed by atoms with Crippen LogP contribution in [0.5, 0.6) is 0 Å². The van der Waals surface area contributed by atoms with Crippen LogP contribution in [-0.2, 0) is 4.74 Å². The summed E-state index contributed by atoms with van der Waals surface area (Å²) in [6.45, 7) is 0.575. The molecule has 18 heavy (non-hydrogen) atoms. The first-order valence-corrected chi connectivity index (χ1v) is 5.58. The van der Waals surface area contributed by atoms with E-state index in [4.69, 9.17) is 9.84 Å². The summed E-state index contributed by atoms with van der Waals surface area (Å²) < 4.78 is 31.4. The van der Waals surface area contributed by atoms with Crippen LogP contribution in [0.15, 0.2) is 18.2 Å². The van der Waals surface area contributed by atoms with E-state index >= 15 is 0 Å². The van der Waals surface area contributed by atoms with Crippen LogP contribution in [0.25, 0.3) is 0 Å². The largest absolute Gasteiger partial charge is 0.394 e. The molecule has 1 heterocycles. The minimum absolute atomic E-state index is 0.197. The van der Waals surface area contributed by atoms with Gasteiger partial charge >= 0.3 is 0 Å². The molecule has 0 bridgehead atoms. The lowest BCUT2D eigenvalue weighted by atomic mass is 10.1. The van der Waals surface area contributed by atoms with Crippen molar-refractivity contribution in [1.29, 1.82) is 0 Å². The lowest BCUT2D eigenvalue weighted by Gasteiger charge is -2.34. The summed E-state index contributed by atoms with van der Waals surface area (Å²) in [6.07, 6.45) is 0. The molecule has 1 atom stereocenters. The van der Waals surface area contributed by atoms with Crippen LogP contribution in [0.3, 0.4) is 0 Å². The van der Waals surface area contributed by atoms with Crippen LogP contribution in [0.4, 0.5) is 8.78 Å². The van der Waals surface area contributed by atoms with Crippen molar-refractivity contribution in [3.63, 3.8) is 0 Å². The minimum atomic E-state index is -0.900. The van der Waals surface area contributed by atoms with Crippen molar-refractivity contribution in [3.05, 3.63) is 35.4 Å².